The predicted octanol–water partition coefficient (Wildman–Crippen LogP) is 5.69. The smallest absolute Gasteiger partial charge is 0.00954 e. The van der Waals surface area contributed by atoms with E-state index >= 15 is 0 Å². The van der Waals surface area contributed by atoms with Gasteiger partial charge in [-0.2, -0.15) is 0 Å². The van der Waals surface area contributed by atoms with E-state index < -0.39 is 0 Å². The van der Waals surface area contributed by atoms with Gasteiger partial charge in [-0.05, 0) is 50.5 Å². The van der Waals surface area contributed by atoms with E-state index in [0.29, 0.717) is 0 Å². The van der Waals surface area contributed by atoms with Gasteiger partial charge >= 0.3 is 0 Å². The van der Waals surface area contributed by atoms with Crippen LogP contribution in [0.5, 0.6) is 0 Å². The first-order chi connectivity index (χ1) is 9.90. The van der Waals surface area contributed by atoms with Crippen molar-refractivity contribution in [1.29, 1.82) is 0 Å². The van der Waals surface area contributed by atoms with Gasteiger partial charge in [-0.25, -0.2) is 0 Å². The fourth-order valence-electron chi connectivity index (χ4n) is 4.44. The third kappa shape index (κ3) is 5.76. The van der Waals surface area contributed by atoms with Crippen LogP contribution in [-0.2, 0) is 0 Å². The minimum Gasteiger partial charge on any atom is -0.314 e. The van der Waals surface area contributed by atoms with Crippen molar-refractivity contribution in [3.8, 4) is 0 Å². The highest BCUT2D eigenvalue weighted by Crippen LogP contribution is 2.31. The molecule has 2 fully saturated rings. The lowest BCUT2D eigenvalue weighted by Crippen LogP contribution is -2.37. The van der Waals surface area contributed by atoms with Gasteiger partial charge in [0.1, 0.15) is 0 Å². The average molecular weight is 280 g/mol. The fourth-order valence-corrected chi connectivity index (χ4v) is 4.44. The average Bonchev–Trinajstić information content (AvgIpc) is 2.78. The van der Waals surface area contributed by atoms with E-state index in [1.54, 1.807) is 0 Å². The molecule has 0 amide bonds. The molecule has 2 aliphatic rings. The molecule has 118 valence electrons. The second-order valence-electron chi connectivity index (χ2n) is 7.39. The first-order valence-electron chi connectivity index (χ1n) is 9.63. The van der Waals surface area contributed by atoms with E-state index in [2.05, 4.69) is 12.2 Å². The van der Waals surface area contributed by atoms with Crippen LogP contribution in [0, 0.1) is 11.8 Å². The van der Waals surface area contributed by atoms with E-state index in [9.17, 15) is 0 Å². The molecule has 20 heavy (non-hydrogen) atoms. The van der Waals surface area contributed by atoms with Crippen LogP contribution in [0.4, 0.5) is 0 Å². The van der Waals surface area contributed by atoms with Crippen molar-refractivity contribution < 1.29 is 0 Å². The van der Waals surface area contributed by atoms with Crippen LogP contribution >= 0.6 is 0 Å². The molecule has 0 aliphatic heterocycles. The molecule has 0 saturated heterocycles. The van der Waals surface area contributed by atoms with E-state index in [0.717, 1.165) is 17.9 Å². The quantitative estimate of drug-likeness (QED) is 0.591. The summed E-state index contributed by atoms with van der Waals surface area (Å²) >= 11 is 0. The summed E-state index contributed by atoms with van der Waals surface area (Å²) in [6, 6.07) is 0.829. The van der Waals surface area contributed by atoms with Gasteiger partial charge in [0, 0.05) is 6.04 Å². The van der Waals surface area contributed by atoms with Gasteiger partial charge in [0.25, 0.3) is 0 Å². The lowest BCUT2D eigenvalue weighted by Gasteiger charge is -2.30. The Hall–Kier alpha value is -0.0400. The summed E-state index contributed by atoms with van der Waals surface area (Å²) in [4.78, 5) is 0. The maximum absolute atomic E-state index is 3.91. The molecule has 2 aliphatic carbocycles. The zero-order valence-corrected chi connectivity index (χ0v) is 13.8. The molecular formula is C19H37N. The minimum atomic E-state index is 0.829. The van der Waals surface area contributed by atoms with E-state index in [4.69, 9.17) is 0 Å². The molecule has 1 nitrogen and oxygen atoms in total. The number of nitrogens with one attached hydrogen (secondary N) is 1. The molecular weight excluding hydrogens is 242 g/mol. The molecule has 0 bridgehead atoms. The molecule has 0 heterocycles. The number of hydrogen-bond donors (Lipinski definition) is 1. The molecule has 2 rings (SSSR count). The summed E-state index contributed by atoms with van der Waals surface area (Å²) in [6.07, 6.45) is 20.7. The van der Waals surface area contributed by atoms with Gasteiger partial charge < -0.3 is 5.32 Å². The largest absolute Gasteiger partial charge is 0.314 e. The molecule has 0 aromatic heterocycles. The van der Waals surface area contributed by atoms with Crippen molar-refractivity contribution in [3.05, 3.63) is 0 Å². The van der Waals surface area contributed by atoms with Gasteiger partial charge in [-0.1, -0.05) is 64.7 Å². The van der Waals surface area contributed by atoms with Crippen molar-refractivity contribution in [2.75, 3.05) is 6.54 Å². The van der Waals surface area contributed by atoms with Crippen LogP contribution in [-0.4, -0.2) is 12.6 Å². The second kappa shape index (κ2) is 9.82. The maximum Gasteiger partial charge on any atom is 0.00954 e. The van der Waals surface area contributed by atoms with Gasteiger partial charge in [-0.3, -0.25) is 0 Å². The molecule has 1 atom stereocenters. The van der Waals surface area contributed by atoms with Gasteiger partial charge in [0.15, 0.2) is 0 Å². The summed E-state index contributed by atoms with van der Waals surface area (Å²) in [6.45, 7) is 3.53. The third-order valence-electron chi connectivity index (χ3n) is 5.74. The Labute approximate surface area is 127 Å². The van der Waals surface area contributed by atoms with Crippen molar-refractivity contribution in [2.45, 2.75) is 103 Å². The van der Waals surface area contributed by atoms with Crippen LogP contribution < -0.4 is 5.32 Å². The minimum absolute atomic E-state index is 0.829. The summed E-state index contributed by atoms with van der Waals surface area (Å²) in [5, 5.41) is 3.91. The van der Waals surface area contributed by atoms with Gasteiger partial charge in [0.2, 0.25) is 0 Å². The molecule has 1 unspecified atom stereocenters. The molecule has 2 saturated carbocycles. The maximum atomic E-state index is 3.91. The highest BCUT2D eigenvalue weighted by atomic mass is 14.9. The van der Waals surface area contributed by atoms with Crippen molar-refractivity contribution in [2.24, 2.45) is 11.8 Å². The van der Waals surface area contributed by atoms with Gasteiger partial charge in [0.05, 0.1) is 0 Å². The zero-order chi connectivity index (χ0) is 14.0. The van der Waals surface area contributed by atoms with E-state index in [1.165, 1.54) is 96.4 Å². The van der Waals surface area contributed by atoms with Crippen molar-refractivity contribution in [1.82, 2.24) is 5.32 Å². The van der Waals surface area contributed by atoms with Crippen LogP contribution in [0.15, 0.2) is 0 Å². The SMILES string of the molecule is CCCNC(CCC1CCCCC1)C1CCCCCC1. The fraction of sp³-hybridized carbons (Fsp3) is 1.00. The summed E-state index contributed by atoms with van der Waals surface area (Å²) in [5.74, 6) is 2.04. The Balaban J connectivity index is 1.78. The number of hydrogen-bond acceptors (Lipinski definition) is 1. The van der Waals surface area contributed by atoms with Crippen LogP contribution in [0.2, 0.25) is 0 Å². The molecule has 0 radical (unpaired) electrons. The Morgan fingerprint density at radius 3 is 2.10 bits per heavy atom. The third-order valence-corrected chi connectivity index (χ3v) is 5.74. The Morgan fingerprint density at radius 1 is 0.850 bits per heavy atom. The van der Waals surface area contributed by atoms with Crippen molar-refractivity contribution in [3.63, 3.8) is 0 Å². The Kier molecular flexibility index (Phi) is 8.02. The topological polar surface area (TPSA) is 12.0 Å². The molecule has 0 aromatic rings. The Bertz CT molecular complexity index is 224. The predicted molar refractivity (Wildman–Crippen MR) is 89.1 cm³/mol. The number of rotatable bonds is 7. The first kappa shape index (κ1) is 16.3. The highest BCUT2D eigenvalue weighted by molar-refractivity contribution is 4.80. The Morgan fingerprint density at radius 2 is 1.45 bits per heavy atom. The van der Waals surface area contributed by atoms with E-state index in [-0.39, 0.29) is 0 Å². The molecule has 1 N–H and O–H groups in total. The van der Waals surface area contributed by atoms with Crippen LogP contribution in [0.25, 0.3) is 0 Å². The van der Waals surface area contributed by atoms with Gasteiger partial charge in [-0.15, -0.1) is 0 Å². The highest BCUT2D eigenvalue weighted by Gasteiger charge is 2.23. The molecule has 0 aromatic carbocycles. The lowest BCUT2D eigenvalue weighted by atomic mass is 9.82. The molecule has 1 heteroatoms. The molecule has 0 spiro atoms. The second-order valence-corrected chi connectivity index (χ2v) is 7.39. The lowest BCUT2D eigenvalue weighted by molar-refractivity contribution is 0.261. The zero-order valence-electron chi connectivity index (χ0n) is 13.8. The summed E-state index contributed by atoms with van der Waals surface area (Å²) < 4.78 is 0. The van der Waals surface area contributed by atoms with Crippen molar-refractivity contribution >= 4 is 0 Å². The summed E-state index contributed by atoms with van der Waals surface area (Å²) in [5.41, 5.74) is 0. The first-order valence-corrected chi connectivity index (χ1v) is 9.63. The van der Waals surface area contributed by atoms with E-state index in [1.807, 2.05) is 0 Å². The van der Waals surface area contributed by atoms with Crippen LogP contribution in [0.3, 0.4) is 0 Å². The van der Waals surface area contributed by atoms with Crippen LogP contribution in [0.1, 0.15) is 96.8 Å². The summed E-state index contributed by atoms with van der Waals surface area (Å²) in [7, 11) is 0. The standard InChI is InChI=1S/C19H37N/c1-2-16-20-19(18-12-8-3-4-9-13-18)15-14-17-10-6-5-7-11-17/h17-20H,2-16H2,1H3. The monoisotopic (exact) mass is 279 g/mol. The normalized spacial score (nSPS) is 24.4.